The molecular weight excluding hydrogens is 310 g/mol. The van der Waals surface area contributed by atoms with Gasteiger partial charge in [-0.1, -0.05) is 17.7 Å². The van der Waals surface area contributed by atoms with Crippen LogP contribution in [0.1, 0.15) is 0 Å². The summed E-state index contributed by atoms with van der Waals surface area (Å²) in [4.78, 5) is 20.8. The summed E-state index contributed by atoms with van der Waals surface area (Å²) in [6, 6.07) is 8.79. The molecule has 5 nitrogen and oxygen atoms in total. The topological polar surface area (TPSA) is 64.1 Å². The summed E-state index contributed by atoms with van der Waals surface area (Å²) in [5.74, 6) is 0.127. The molecule has 1 aromatic carbocycles. The van der Waals surface area contributed by atoms with Crippen LogP contribution in [0.2, 0.25) is 5.02 Å². The van der Waals surface area contributed by atoms with Crippen LogP contribution in [0.5, 0.6) is 5.88 Å². The number of ether oxygens (including phenoxy) is 1. The van der Waals surface area contributed by atoms with E-state index in [0.29, 0.717) is 16.6 Å². The van der Waals surface area contributed by atoms with Gasteiger partial charge >= 0.3 is 0 Å². The van der Waals surface area contributed by atoms with Gasteiger partial charge in [0.1, 0.15) is 11.2 Å². The first-order chi connectivity index (χ1) is 10.2. The highest BCUT2D eigenvalue weighted by molar-refractivity contribution is 7.16. The van der Waals surface area contributed by atoms with Gasteiger partial charge in [-0.3, -0.25) is 4.79 Å². The van der Waals surface area contributed by atoms with Crippen molar-refractivity contribution in [2.24, 2.45) is 0 Å². The highest BCUT2D eigenvalue weighted by Gasteiger charge is 2.09. The lowest BCUT2D eigenvalue weighted by Gasteiger charge is -2.07. The Bertz CT molecular complexity index is 790. The average molecular weight is 320 g/mol. The standard InChI is InChI=1S/C14H10ClN3O2S/c15-9-2-1-3-10(6-9)18-12(19)7-20-13-11-4-5-21-14(11)17-8-16-13/h1-6,8H,7H2,(H,18,19). The van der Waals surface area contributed by atoms with E-state index in [1.807, 2.05) is 11.4 Å². The smallest absolute Gasteiger partial charge is 0.262 e. The molecule has 2 aromatic heterocycles. The molecule has 0 atom stereocenters. The number of amides is 1. The van der Waals surface area contributed by atoms with Crippen molar-refractivity contribution in [2.45, 2.75) is 0 Å². The van der Waals surface area contributed by atoms with E-state index in [1.54, 1.807) is 24.3 Å². The Kier molecular flexibility index (Phi) is 3.98. The van der Waals surface area contributed by atoms with Gasteiger partial charge in [-0.25, -0.2) is 9.97 Å². The molecule has 106 valence electrons. The summed E-state index contributed by atoms with van der Waals surface area (Å²) in [5.41, 5.74) is 0.625. The average Bonchev–Trinajstić information content (AvgIpc) is 2.94. The van der Waals surface area contributed by atoms with Crippen LogP contribution in [0.4, 0.5) is 5.69 Å². The number of thiophene rings is 1. The second-order valence-corrected chi connectivity index (χ2v) is 5.50. The molecule has 0 saturated carbocycles. The van der Waals surface area contributed by atoms with Gasteiger partial charge in [0.15, 0.2) is 6.61 Å². The van der Waals surface area contributed by atoms with Gasteiger partial charge in [-0.15, -0.1) is 11.3 Å². The van der Waals surface area contributed by atoms with E-state index in [1.165, 1.54) is 17.7 Å². The lowest BCUT2D eigenvalue weighted by atomic mass is 10.3. The molecule has 0 fully saturated rings. The lowest BCUT2D eigenvalue weighted by Crippen LogP contribution is -2.20. The zero-order valence-corrected chi connectivity index (χ0v) is 12.3. The number of aromatic nitrogens is 2. The fourth-order valence-electron chi connectivity index (χ4n) is 1.78. The van der Waals surface area contributed by atoms with Gasteiger partial charge in [0.25, 0.3) is 5.91 Å². The number of carbonyl (C=O) groups is 1. The quantitative estimate of drug-likeness (QED) is 0.801. The molecule has 0 bridgehead atoms. The second kappa shape index (κ2) is 6.07. The minimum absolute atomic E-state index is 0.130. The predicted octanol–water partition coefficient (Wildman–Crippen LogP) is 3.36. The summed E-state index contributed by atoms with van der Waals surface area (Å²) in [5, 5.41) is 5.97. The Labute approximate surface area is 129 Å². The summed E-state index contributed by atoms with van der Waals surface area (Å²) in [6.45, 7) is -0.130. The molecule has 7 heteroatoms. The number of hydrogen-bond donors (Lipinski definition) is 1. The van der Waals surface area contributed by atoms with Crippen molar-refractivity contribution >= 4 is 44.7 Å². The monoisotopic (exact) mass is 319 g/mol. The molecule has 3 rings (SSSR count). The minimum Gasteiger partial charge on any atom is -0.467 e. The second-order valence-electron chi connectivity index (χ2n) is 4.17. The van der Waals surface area contributed by atoms with Crippen molar-refractivity contribution in [1.82, 2.24) is 9.97 Å². The van der Waals surface area contributed by atoms with Crippen LogP contribution >= 0.6 is 22.9 Å². The number of anilines is 1. The number of fused-ring (bicyclic) bond motifs is 1. The van der Waals surface area contributed by atoms with Crippen LogP contribution in [0.15, 0.2) is 42.0 Å². The van der Waals surface area contributed by atoms with Crippen molar-refractivity contribution in [3.8, 4) is 5.88 Å². The summed E-state index contributed by atoms with van der Waals surface area (Å²) < 4.78 is 5.45. The maximum atomic E-state index is 11.9. The Balaban J connectivity index is 1.65. The maximum Gasteiger partial charge on any atom is 0.262 e. The highest BCUT2D eigenvalue weighted by Crippen LogP contribution is 2.25. The molecule has 1 N–H and O–H groups in total. The van der Waals surface area contributed by atoms with E-state index in [9.17, 15) is 4.79 Å². The van der Waals surface area contributed by atoms with Crippen LogP contribution in [0.25, 0.3) is 10.2 Å². The Morgan fingerprint density at radius 2 is 2.24 bits per heavy atom. The third kappa shape index (κ3) is 3.29. The van der Waals surface area contributed by atoms with E-state index in [4.69, 9.17) is 16.3 Å². The Morgan fingerprint density at radius 3 is 3.10 bits per heavy atom. The van der Waals surface area contributed by atoms with Gasteiger partial charge in [0.2, 0.25) is 5.88 Å². The van der Waals surface area contributed by atoms with Crippen LogP contribution in [-0.2, 0) is 4.79 Å². The zero-order valence-electron chi connectivity index (χ0n) is 10.7. The van der Waals surface area contributed by atoms with E-state index in [2.05, 4.69) is 15.3 Å². The first-order valence-electron chi connectivity index (χ1n) is 6.09. The molecule has 2 heterocycles. The van der Waals surface area contributed by atoms with E-state index >= 15 is 0 Å². The summed E-state index contributed by atoms with van der Waals surface area (Å²) in [7, 11) is 0. The number of carbonyl (C=O) groups excluding carboxylic acids is 1. The molecule has 0 unspecified atom stereocenters. The molecule has 0 radical (unpaired) electrons. The van der Waals surface area contributed by atoms with Crippen molar-refractivity contribution in [1.29, 1.82) is 0 Å². The number of halogens is 1. The Morgan fingerprint density at radius 1 is 1.33 bits per heavy atom. The van der Waals surface area contributed by atoms with Gasteiger partial charge in [-0.2, -0.15) is 0 Å². The van der Waals surface area contributed by atoms with Gasteiger partial charge in [-0.05, 0) is 29.6 Å². The lowest BCUT2D eigenvalue weighted by molar-refractivity contribution is -0.118. The van der Waals surface area contributed by atoms with Crippen LogP contribution < -0.4 is 10.1 Å². The number of nitrogens with one attached hydrogen (secondary N) is 1. The molecule has 0 aliphatic heterocycles. The maximum absolute atomic E-state index is 11.9. The number of nitrogens with zero attached hydrogens (tertiary/aromatic N) is 2. The van der Waals surface area contributed by atoms with Crippen LogP contribution in [0, 0.1) is 0 Å². The number of benzene rings is 1. The first kappa shape index (κ1) is 13.8. The number of rotatable bonds is 4. The summed E-state index contributed by atoms with van der Waals surface area (Å²) in [6.07, 6.45) is 1.42. The normalized spacial score (nSPS) is 10.5. The third-order valence-electron chi connectivity index (χ3n) is 2.67. The Hall–Kier alpha value is -2.18. The molecule has 0 aliphatic carbocycles. The van der Waals surface area contributed by atoms with Crippen LogP contribution in [0.3, 0.4) is 0 Å². The van der Waals surface area contributed by atoms with Crippen molar-refractivity contribution < 1.29 is 9.53 Å². The van der Waals surface area contributed by atoms with Crippen molar-refractivity contribution in [3.05, 3.63) is 47.1 Å². The van der Waals surface area contributed by atoms with Crippen LogP contribution in [-0.4, -0.2) is 22.5 Å². The third-order valence-corrected chi connectivity index (χ3v) is 3.73. The highest BCUT2D eigenvalue weighted by atomic mass is 35.5. The molecule has 0 saturated heterocycles. The fraction of sp³-hybridized carbons (Fsp3) is 0.0714. The van der Waals surface area contributed by atoms with Gasteiger partial charge < -0.3 is 10.1 Å². The molecule has 1 amide bonds. The number of hydrogen-bond acceptors (Lipinski definition) is 5. The van der Waals surface area contributed by atoms with Crippen molar-refractivity contribution in [2.75, 3.05) is 11.9 Å². The van der Waals surface area contributed by atoms with Crippen molar-refractivity contribution in [3.63, 3.8) is 0 Å². The molecule has 0 spiro atoms. The molecular formula is C14H10ClN3O2S. The SMILES string of the molecule is O=C(COc1ncnc2sccc12)Nc1cccc(Cl)c1. The largest absolute Gasteiger partial charge is 0.467 e. The fourth-order valence-corrected chi connectivity index (χ4v) is 2.69. The molecule has 3 aromatic rings. The molecule has 0 aliphatic rings. The predicted molar refractivity (Wildman–Crippen MR) is 83.0 cm³/mol. The van der Waals surface area contributed by atoms with Gasteiger partial charge in [0.05, 0.1) is 5.39 Å². The van der Waals surface area contributed by atoms with E-state index in [0.717, 1.165) is 10.2 Å². The zero-order chi connectivity index (χ0) is 14.7. The van der Waals surface area contributed by atoms with E-state index in [-0.39, 0.29) is 12.5 Å². The minimum atomic E-state index is -0.278. The van der Waals surface area contributed by atoms with E-state index < -0.39 is 0 Å². The first-order valence-corrected chi connectivity index (χ1v) is 7.34. The van der Waals surface area contributed by atoms with Gasteiger partial charge in [0, 0.05) is 10.7 Å². The summed E-state index contributed by atoms with van der Waals surface area (Å²) >= 11 is 7.35. The molecule has 21 heavy (non-hydrogen) atoms.